The standard InChI is InChI=1S/C18H25NO5.ClH/c1-21-16-12-14(13-17(22-2)18(16)23-3)4-5-15(20)6-7-19-8-10-24-11-9-19;/h4-5,12-13H,6-11H2,1-3H3;1H/b5-4+;. The molecule has 1 fully saturated rings. The fourth-order valence-corrected chi connectivity index (χ4v) is 2.56. The lowest BCUT2D eigenvalue weighted by molar-refractivity contribution is -0.115. The summed E-state index contributed by atoms with van der Waals surface area (Å²) in [4.78, 5) is 14.3. The first kappa shape index (κ1) is 21.3. The van der Waals surface area contributed by atoms with Gasteiger partial charge in [0.15, 0.2) is 17.3 Å². The van der Waals surface area contributed by atoms with Crippen LogP contribution in [0.4, 0.5) is 0 Å². The lowest BCUT2D eigenvalue weighted by Gasteiger charge is -2.25. The number of benzene rings is 1. The van der Waals surface area contributed by atoms with Crippen LogP contribution in [0.5, 0.6) is 17.2 Å². The van der Waals surface area contributed by atoms with E-state index >= 15 is 0 Å². The first-order valence-corrected chi connectivity index (χ1v) is 7.99. The molecule has 0 atom stereocenters. The molecule has 2 rings (SSSR count). The number of allylic oxidation sites excluding steroid dienone is 1. The summed E-state index contributed by atoms with van der Waals surface area (Å²) >= 11 is 0. The van der Waals surface area contributed by atoms with Crippen LogP contribution in [0.15, 0.2) is 18.2 Å². The van der Waals surface area contributed by atoms with Crippen molar-refractivity contribution in [3.63, 3.8) is 0 Å². The van der Waals surface area contributed by atoms with E-state index < -0.39 is 0 Å². The predicted octanol–water partition coefficient (Wildman–Crippen LogP) is 2.44. The van der Waals surface area contributed by atoms with Crippen LogP contribution < -0.4 is 14.2 Å². The third-order valence-electron chi connectivity index (χ3n) is 3.93. The first-order chi connectivity index (χ1) is 11.7. The van der Waals surface area contributed by atoms with Crippen LogP contribution in [0, 0.1) is 0 Å². The third-order valence-corrected chi connectivity index (χ3v) is 3.93. The van der Waals surface area contributed by atoms with Gasteiger partial charge in [0.05, 0.1) is 34.5 Å². The summed E-state index contributed by atoms with van der Waals surface area (Å²) in [6.07, 6.45) is 3.87. The number of ketones is 1. The van der Waals surface area contributed by atoms with Crippen molar-refractivity contribution in [2.45, 2.75) is 6.42 Å². The minimum absolute atomic E-state index is 0. The first-order valence-electron chi connectivity index (χ1n) is 7.99. The van der Waals surface area contributed by atoms with Gasteiger partial charge in [0, 0.05) is 26.1 Å². The molecule has 0 aliphatic carbocycles. The molecule has 7 heteroatoms. The van der Waals surface area contributed by atoms with Crippen LogP contribution in [-0.2, 0) is 9.53 Å². The van der Waals surface area contributed by atoms with E-state index in [2.05, 4.69) is 4.90 Å². The summed E-state index contributed by atoms with van der Waals surface area (Å²) in [5, 5.41) is 0. The molecule has 0 N–H and O–H groups in total. The fourth-order valence-electron chi connectivity index (χ4n) is 2.56. The Bertz CT molecular complexity index is 560. The Morgan fingerprint density at radius 3 is 2.24 bits per heavy atom. The van der Waals surface area contributed by atoms with Gasteiger partial charge in [0.25, 0.3) is 0 Å². The molecule has 0 amide bonds. The van der Waals surface area contributed by atoms with Gasteiger partial charge in [-0.15, -0.1) is 12.4 Å². The zero-order chi connectivity index (χ0) is 17.4. The second-order valence-corrected chi connectivity index (χ2v) is 5.46. The van der Waals surface area contributed by atoms with E-state index in [4.69, 9.17) is 18.9 Å². The maximum Gasteiger partial charge on any atom is 0.203 e. The topological polar surface area (TPSA) is 57.2 Å². The maximum atomic E-state index is 12.1. The van der Waals surface area contributed by atoms with Crippen LogP contribution in [0.2, 0.25) is 0 Å². The molecule has 1 aliphatic rings. The van der Waals surface area contributed by atoms with Crippen LogP contribution in [0.25, 0.3) is 6.08 Å². The molecule has 1 aromatic carbocycles. The average Bonchev–Trinajstić information content (AvgIpc) is 2.64. The fraction of sp³-hybridized carbons (Fsp3) is 0.500. The number of hydrogen-bond donors (Lipinski definition) is 0. The van der Waals surface area contributed by atoms with Crippen LogP contribution >= 0.6 is 12.4 Å². The van der Waals surface area contributed by atoms with Crippen molar-refractivity contribution in [3.05, 3.63) is 23.8 Å². The van der Waals surface area contributed by atoms with Gasteiger partial charge in [-0.3, -0.25) is 9.69 Å². The Morgan fingerprint density at radius 1 is 1.12 bits per heavy atom. The number of carbonyl (C=O) groups is 1. The number of ether oxygens (including phenoxy) is 4. The lowest BCUT2D eigenvalue weighted by atomic mass is 10.1. The molecule has 6 nitrogen and oxygen atoms in total. The molecular weight excluding hydrogens is 346 g/mol. The van der Waals surface area contributed by atoms with Crippen molar-refractivity contribution in [3.8, 4) is 17.2 Å². The van der Waals surface area contributed by atoms with Crippen molar-refractivity contribution >= 4 is 24.3 Å². The zero-order valence-corrected chi connectivity index (χ0v) is 15.8. The van der Waals surface area contributed by atoms with Gasteiger partial charge < -0.3 is 18.9 Å². The van der Waals surface area contributed by atoms with E-state index in [1.165, 1.54) is 0 Å². The number of hydrogen-bond acceptors (Lipinski definition) is 6. The lowest BCUT2D eigenvalue weighted by Crippen LogP contribution is -2.37. The van der Waals surface area contributed by atoms with Gasteiger partial charge in [0.1, 0.15) is 0 Å². The van der Waals surface area contributed by atoms with Gasteiger partial charge in [-0.1, -0.05) is 6.08 Å². The number of carbonyl (C=O) groups excluding carboxylic acids is 1. The Balaban J connectivity index is 0.00000312. The molecule has 0 bridgehead atoms. The van der Waals surface area contributed by atoms with Gasteiger partial charge >= 0.3 is 0 Å². The maximum absolute atomic E-state index is 12.1. The highest BCUT2D eigenvalue weighted by Crippen LogP contribution is 2.38. The Hall–Kier alpha value is -1.76. The molecule has 0 aromatic heterocycles. The van der Waals surface area contributed by atoms with Gasteiger partial charge in [-0.05, 0) is 23.8 Å². The van der Waals surface area contributed by atoms with E-state index in [0.29, 0.717) is 23.7 Å². The van der Waals surface area contributed by atoms with E-state index in [1.807, 2.05) is 12.1 Å². The molecule has 0 spiro atoms. The zero-order valence-electron chi connectivity index (χ0n) is 14.9. The van der Waals surface area contributed by atoms with Crippen LogP contribution in [-0.4, -0.2) is 64.9 Å². The normalized spacial score (nSPS) is 14.8. The predicted molar refractivity (Wildman–Crippen MR) is 99.3 cm³/mol. The summed E-state index contributed by atoms with van der Waals surface area (Å²) in [6.45, 7) is 4.04. The second kappa shape index (κ2) is 11.0. The Labute approximate surface area is 155 Å². The van der Waals surface area contributed by atoms with Crippen molar-refractivity contribution in [2.24, 2.45) is 0 Å². The van der Waals surface area contributed by atoms with E-state index in [-0.39, 0.29) is 18.2 Å². The average molecular weight is 372 g/mol. The summed E-state index contributed by atoms with van der Waals surface area (Å²) in [6, 6.07) is 3.63. The molecule has 140 valence electrons. The number of methoxy groups -OCH3 is 3. The molecule has 1 aromatic rings. The summed E-state index contributed by atoms with van der Waals surface area (Å²) < 4.78 is 21.2. The van der Waals surface area contributed by atoms with Crippen LogP contribution in [0.1, 0.15) is 12.0 Å². The number of halogens is 1. The second-order valence-electron chi connectivity index (χ2n) is 5.46. The molecule has 25 heavy (non-hydrogen) atoms. The van der Waals surface area contributed by atoms with Gasteiger partial charge in [-0.2, -0.15) is 0 Å². The molecule has 1 saturated heterocycles. The van der Waals surface area contributed by atoms with Crippen LogP contribution in [0.3, 0.4) is 0 Å². The monoisotopic (exact) mass is 371 g/mol. The smallest absolute Gasteiger partial charge is 0.203 e. The SMILES string of the molecule is COc1cc(/C=C/C(=O)CCN2CCOCC2)cc(OC)c1OC.Cl. The molecular formula is C18H26ClNO5. The van der Waals surface area contributed by atoms with Gasteiger partial charge in [-0.25, -0.2) is 0 Å². The number of morpholine rings is 1. The number of nitrogens with zero attached hydrogens (tertiary/aromatic N) is 1. The molecule has 0 unspecified atom stereocenters. The summed E-state index contributed by atoms with van der Waals surface area (Å²) in [5.74, 6) is 1.76. The van der Waals surface area contributed by atoms with Crippen molar-refractivity contribution < 1.29 is 23.7 Å². The Morgan fingerprint density at radius 2 is 1.72 bits per heavy atom. The van der Waals surface area contributed by atoms with E-state index in [0.717, 1.165) is 38.4 Å². The third kappa shape index (κ3) is 6.23. The summed E-state index contributed by atoms with van der Waals surface area (Å²) in [7, 11) is 4.70. The molecule has 0 saturated carbocycles. The van der Waals surface area contributed by atoms with Crippen molar-refractivity contribution in [1.29, 1.82) is 0 Å². The quantitative estimate of drug-likeness (QED) is 0.654. The number of rotatable bonds is 8. The van der Waals surface area contributed by atoms with Crippen molar-refractivity contribution in [2.75, 3.05) is 54.2 Å². The largest absolute Gasteiger partial charge is 0.493 e. The highest BCUT2D eigenvalue weighted by Gasteiger charge is 2.13. The highest BCUT2D eigenvalue weighted by molar-refractivity contribution is 5.93. The van der Waals surface area contributed by atoms with Gasteiger partial charge in [0.2, 0.25) is 5.75 Å². The van der Waals surface area contributed by atoms with E-state index in [1.54, 1.807) is 33.5 Å². The minimum Gasteiger partial charge on any atom is -0.493 e. The van der Waals surface area contributed by atoms with Crippen molar-refractivity contribution in [1.82, 2.24) is 4.90 Å². The summed E-state index contributed by atoms with van der Waals surface area (Å²) in [5.41, 5.74) is 0.823. The molecule has 0 radical (unpaired) electrons. The minimum atomic E-state index is 0. The molecule has 1 heterocycles. The highest BCUT2D eigenvalue weighted by atomic mass is 35.5. The molecule has 1 aliphatic heterocycles. The van der Waals surface area contributed by atoms with E-state index in [9.17, 15) is 4.79 Å². The Kier molecular flexibility index (Phi) is 9.34.